The molecule has 0 spiro atoms. The Labute approximate surface area is 272 Å². The highest BCUT2D eigenvalue weighted by Gasteiger charge is 2.23. The van der Waals surface area contributed by atoms with Gasteiger partial charge in [0.05, 0.1) is 25.0 Å². The van der Waals surface area contributed by atoms with E-state index in [1.165, 1.54) is 0 Å². The van der Waals surface area contributed by atoms with Crippen molar-refractivity contribution in [2.45, 2.75) is 64.3 Å². The van der Waals surface area contributed by atoms with Crippen LogP contribution in [0.5, 0.6) is 5.75 Å². The van der Waals surface area contributed by atoms with E-state index in [1.807, 2.05) is 84.8 Å². The van der Waals surface area contributed by atoms with Crippen molar-refractivity contribution in [3.05, 3.63) is 84.2 Å². The molecule has 0 bridgehead atoms. The van der Waals surface area contributed by atoms with Crippen molar-refractivity contribution < 1.29 is 9.53 Å². The normalized spacial score (nSPS) is 16.9. The molecule has 1 aromatic heterocycles. The molecule has 1 aliphatic rings. The summed E-state index contributed by atoms with van der Waals surface area (Å²) in [6.45, 7) is 5.19. The van der Waals surface area contributed by atoms with Crippen LogP contribution in [-0.4, -0.2) is 70.6 Å². The number of allylic oxidation sites excluding steroid dienone is 1. The Kier molecular flexibility index (Phi) is 13.9. The Hall–Kier alpha value is -4.87. The number of amides is 2. The molecule has 1 atom stereocenters. The first-order valence-electron chi connectivity index (χ1n) is 16.3. The van der Waals surface area contributed by atoms with E-state index in [4.69, 9.17) is 21.2 Å². The molecule has 0 saturated carbocycles. The summed E-state index contributed by atoms with van der Waals surface area (Å²) in [6, 6.07) is 16.6. The van der Waals surface area contributed by atoms with Gasteiger partial charge >= 0.3 is 6.03 Å². The molecule has 0 fully saturated rings. The molecule has 0 saturated heterocycles. The minimum atomic E-state index is -0.636. The van der Waals surface area contributed by atoms with E-state index < -0.39 is 6.04 Å². The lowest BCUT2D eigenvalue weighted by Gasteiger charge is -2.23. The fourth-order valence-corrected chi connectivity index (χ4v) is 5.17. The van der Waals surface area contributed by atoms with E-state index >= 15 is 0 Å². The molecule has 246 valence electrons. The van der Waals surface area contributed by atoms with Gasteiger partial charge in [0.25, 0.3) is 0 Å². The van der Waals surface area contributed by atoms with Crippen LogP contribution in [0, 0.1) is 0 Å². The van der Waals surface area contributed by atoms with Gasteiger partial charge in [-0.15, -0.1) is 5.10 Å². The van der Waals surface area contributed by atoms with Crippen LogP contribution in [0.25, 0.3) is 5.69 Å². The van der Waals surface area contributed by atoms with Crippen LogP contribution in [0.1, 0.15) is 75.6 Å². The lowest BCUT2D eigenvalue weighted by atomic mass is 10.0. The summed E-state index contributed by atoms with van der Waals surface area (Å²) in [5.74, 6) is 1.19. The number of guanidine groups is 2. The first-order valence-corrected chi connectivity index (χ1v) is 16.3. The largest absolute Gasteiger partial charge is 0.493 e. The predicted octanol–water partition coefficient (Wildman–Crippen LogP) is 4.68. The van der Waals surface area contributed by atoms with Gasteiger partial charge in [-0.1, -0.05) is 79.4 Å². The van der Waals surface area contributed by atoms with Crippen molar-refractivity contribution in [2.75, 3.05) is 32.8 Å². The molecule has 4 rings (SSSR count). The molecule has 12 nitrogen and oxygen atoms in total. The molecule has 3 aromatic rings. The van der Waals surface area contributed by atoms with Crippen LogP contribution in [-0.2, 0) is 0 Å². The molecular formula is C34H48N10O2. The maximum Gasteiger partial charge on any atom is 0.324 e. The highest BCUT2D eigenvalue weighted by Crippen LogP contribution is 2.32. The molecule has 0 radical (unpaired) electrons. The van der Waals surface area contributed by atoms with Gasteiger partial charge in [-0.3, -0.25) is 5.32 Å². The maximum atomic E-state index is 13.4. The fraction of sp³-hybridized carbons (Fsp3) is 0.441. The Morgan fingerprint density at radius 2 is 1.85 bits per heavy atom. The van der Waals surface area contributed by atoms with Crippen molar-refractivity contribution in [3.8, 4) is 11.4 Å². The number of nitrogens with zero attached hydrogens (tertiary/aromatic N) is 6. The second-order valence-electron chi connectivity index (χ2n) is 11.2. The number of hydrogen-bond donors (Lipinski definition) is 4. The summed E-state index contributed by atoms with van der Waals surface area (Å²) in [5.41, 5.74) is 14.6. The van der Waals surface area contributed by atoms with Crippen molar-refractivity contribution >= 4 is 18.0 Å². The van der Waals surface area contributed by atoms with Gasteiger partial charge in [0.2, 0.25) is 0 Å². The summed E-state index contributed by atoms with van der Waals surface area (Å²) in [7, 11) is 0. The summed E-state index contributed by atoms with van der Waals surface area (Å²) in [5, 5.41) is 14.8. The Morgan fingerprint density at radius 3 is 2.70 bits per heavy atom. The number of rotatable bonds is 11. The number of carbonyl (C=O) groups excluding carboxylic acids is 1. The smallest absolute Gasteiger partial charge is 0.324 e. The van der Waals surface area contributed by atoms with Crippen LogP contribution >= 0.6 is 0 Å². The number of urea groups is 1. The zero-order chi connectivity index (χ0) is 32.4. The first kappa shape index (κ1) is 34.0. The van der Waals surface area contributed by atoms with Crippen LogP contribution in [0.3, 0.4) is 0 Å². The fourth-order valence-electron chi connectivity index (χ4n) is 5.17. The summed E-state index contributed by atoms with van der Waals surface area (Å²) in [6.07, 6.45) is 13.5. The van der Waals surface area contributed by atoms with Gasteiger partial charge in [-0.25, -0.2) is 19.5 Å². The van der Waals surface area contributed by atoms with E-state index in [-0.39, 0.29) is 12.0 Å². The minimum absolute atomic E-state index is 0.0127. The third-order valence-corrected chi connectivity index (χ3v) is 7.66. The average molecular weight is 629 g/mol. The van der Waals surface area contributed by atoms with Gasteiger partial charge in [0, 0.05) is 25.2 Å². The molecule has 12 heteroatoms. The van der Waals surface area contributed by atoms with E-state index in [1.54, 1.807) is 4.68 Å². The molecule has 2 aromatic carbocycles. The highest BCUT2D eigenvalue weighted by atomic mass is 16.5. The number of nitrogens with one attached hydrogen (secondary N) is 2. The number of nitrogens with two attached hydrogens (primary N) is 2. The van der Waals surface area contributed by atoms with Gasteiger partial charge in [0.1, 0.15) is 17.5 Å². The standard InChI is InChI=1S/C34H48N10O2/c1-2-3-21-37-32(35)38-22-13-4-5-14-23-43-24-15-6-7-16-25-46-30-20-12-11-19-28(30)31(39-33(36)40-34(43)45)29-26-44(42-41-29)27-17-9-8-10-18-27/h2-3,8-12,17-20,26,31H,4-7,13-16,21-25H2,1H3,(H3,35,37,38)(H3,36,39,40,45)/b3-2+. The van der Waals surface area contributed by atoms with Crippen molar-refractivity contribution in [3.63, 3.8) is 0 Å². The number of aliphatic imine (C=N–C) groups is 2. The number of fused-ring (bicyclic) bond motifs is 1. The van der Waals surface area contributed by atoms with E-state index in [0.29, 0.717) is 43.6 Å². The van der Waals surface area contributed by atoms with Crippen molar-refractivity contribution in [2.24, 2.45) is 21.5 Å². The van der Waals surface area contributed by atoms with Gasteiger partial charge in [-0.05, 0) is 50.8 Å². The number of para-hydroxylation sites is 2. The van der Waals surface area contributed by atoms with Crippen molar-refractivity contribution in [1.29, 1.82) is 0 Å². The molecular weight excluding hydrogens is 580 g/mol. The monoisotopic (exact) mass is 628 g/mol. The Morgan fingerprint density at radius 1 is 1.07 bits per heavy atom. The number of aromatic nitrogens is 3. The SMILES string of the molecule is C/C=C/CN=C(N)NCCCCCCN1CCCCCCOc2ccccc2C(c2cn(-c3ccccc3)nn2)N=C(N)NC1=O. The van der Waals surface area contributed by atoms with Gasteiger partial charge in [-0.2, -0.15) is 0 Å². The van der Waals surface area contributed by atoms with E-state index in [2.05, 4.69) is 25.9 Å². The molecule has 2 heterocycles. The van der Waals surface area contributed by atoms with Crippen LogP contribution in [0.2, 0.25) is 0 Å². The maximum absolute atomic E-state index is 13.4. The quantitative estimate of drug-likeness (QED) is 0.104. The van der Waals surface area contributed by atoms with Gasteiger partial charge < -0.3 is 26.4 Å². The van der Waals surface area contributed by atoms with Crippen LogP contribution in [0.15, 0.2) is 82.9 Å². The molecule has 46 heavy (non-hydrogen) atoms. The predicted molar refractivity (Wildman–Crippen MR) is 183 cm³/mol. The van der Waals surface area contributed by atoms with Crippen LogP contribution in [0.4, 0.5) is 4.79 Å². The molecule has 6 N–H and O–H groups in total. The third kappa shape index (κ3) is 10.9. The molecule has 2 amide bonds. The van der Waals surface area contributed by atoms with Gasteiger partial charge in [0.15, 0.2) is 11.9 Å². The Balaban J connectivity index is 1.43. The zero-order valence-electron chi connectivity index (χ0n) is 26.9. The number of hydrogen-bond acceptors (Lipinski definition) is 7. The Bertz CT molecular complexity index is 1440. The highest BCUT2D eigenvalue weighted by molar-refractivity contribution is 5.95. The van der Waals surface area contributed by atoms with E-state index in [0.717, 1.165) is 69.2 Å². The van der Waals surface area contributed by atoms with Crippen LogP contribution < -0.4 is 26.8 Å². The second-order valence-corrected chi connectivity index (χ2v) is 11.2. The number of unbranched alkanes of at least 4 members (excludes halogenated alkanes) is 3. The average Bonchev–Trinajstić information content (AvgIpc) is 3.56. The molecule has 1 unspecified atom stereocenters. The number of ether oxygens (including phenoxy) is 1. The number of carbonyl (C=O) groups is 1. The summed E-state index contributed by atoms with van der Waals surface area (Å²) in [4.78, 5) is 24.3. The summed E-state index contributed by atoms with van der Waals surface area (Å²) < 4.78 is 7.93. The number of benzene rings is 2. The van der Waals surface area contributed by atoms with Crippen molar-refractivity contribution in [1.82, 2.24) is 30.5 Å². The third-order valence-electron chi connectivity index (χ3n) is 7.66. The lowest BCUT2D eigenvalue weighted by molar-refractivity contribution is 0.200. The second kappa shape index (κ2) is 18.8. The lowest BCUT2D eigenvalue weighted by Crippen LogP contribution is -2.46. The summed E-state index contributed by atoms with van der Waals surface area (Å²) >= 11 is 0. The minimum Gasteiger partial charge on any atom is -0.493 e. The molecule has 0 aliphatic carbocycles. The van der Waals surface area contributed by atoms with E-state index in [9.17, 15) is 4.79 Å². The topological polar surface area (TPSA) is 161 Å². The zero-order valence-corrected chi connectivity index (χ0v) is 26.9. The molecule has 1 aliphatic heterocycles. The first-order chi connectivity index (χ1) is 22.5.